The number of carbonyl (C=O) groups excluding carboxylic acids is 1. The van der Waals surface area contributed by atoms with Gasteiger partial charge < -0.3 is 11.1 Å². The molecule has 0 bridgehead atoms. The molecule has 17 heavy (non-hydrogen) atoms. The van der Waals surface area contributed by atoms with Crippen molar-refractivity contribution in [2.75, 3.05) is 5.32 Å². The molecule has 5 heteroatoms. The normalized spacial score (nSPS) is 12.2. The number of amides is 1. The van der Waals surface area contributed by atoms with E-state index < -0.39 is 6.04 Å². The molecule has 1 aromatic carbocycles. The molecule has 3 N–H and O–H groups in total. The molecule has 1 rings (SSSR count). The monoisotopic (exact) mass is 362 g/mol. The van der Waals surface area contributed by atoms with Crippen LogP contribution in [0.1, 0.15) is 26.2 Å². The second-order valence-electron chi connectivity index (χ2n) is 3.83. The summed E-state index contributed by atoms with van der Waals surface area (Å²) in [7, 11) is 0. The summed E-state index contributed by atoms with van der Waals surface area (Å²) < 4.78 is 1.67. The molecule has 3 nitrogen and oxygen atoms in total. The van der Waals surface area contributed by atoms with Crippen LogP contribution in [0.5, 0.6) is 0 Å². The quantitative estimate of drug-likeness (QED) is 0.838. The summed E-state index contributed by atoms with van der Waals surface area (Å²) in [6.07, 6.45) is 2.72. The third kappa shape index (κ3) is 4.41. The van der Waals surface area contributed by atoms with Crippen LogP contribution in [-0.4, -0.2) is 11.9 Å². The van der Waals surface area contributed by atoms with Crippen LogP contribution >= 0.6 is 31.9 Å². The third-order valence-electron chi connectivity index (χ3n) is 2.42. The molecule has 0 spiro atoms. The molecular weight excluding hydrogens is 348 g/mol. The SMILES string of the molecule is CCCCC(N)C(=O)Nc1c(Br)cccc1Br. The number of nitrogens with two attached hydrogens (primary N) is 1. The van der Waals surface area contributed by atoms with E-state index in [9.17, 15) is 4.79 Å². The van der Waals surface area contributed by atoms with E-state index in [1.165, 1.54) is 0 Å². The van der Waals surface area contributed by atoms with Gasteiger partial charge in [0.05, 0.1) is 11.7 Å². The molecule has 0 aliphatic carbocycles. The van der Waals surface area contributed by atoms with Gasteiger partial charge in [0.25, 0.3) is 0 Å². The van der Waals surface area contributed by atoms with E-state index in [2.05, 4.69) is 44.1 Å². The molecule has 0 aliphatic heterocycles. The van der Waals surface area contributed by atoms with Crippen LogP contribution in [-0.2, 0) is 4.79 Å². The van der Waals surface area contributed by atoms with E-state index in [4.69, 9.17) is 5.73 Å². The lowest BCUT2D eigenvalue weighted by atomic mass is 10.1. The van der Waals surface area contributed by atoms with Crippen LogP contribution in [0.2, 0.25) is 0 Å². The van der Waals surface area contributed by atoms with E-state index >= 15 is 0 Å². The summed E-state index contributed by atoms with van der Waals surface area (Å²) in [5.74, 6) is -0.147. The maximum atomic E-state index is 11.8. The molecule has 0 radical (unpaired) electrons. The zero-order valence-electron chi connectivity index (χ0n) is 9.67. The lowest BCUT2D eigenvalue weighted by Crippen LogP contribution is -2.35. The fraction of sp³-hybridized carbons (Fsp3) is 0.417. The number of benzene rings is 1. The number of rotatable bonds is 5. The predicted molar refractivity (Wildman–Crippen MR) is 78.0 cm³/mol. The minimum Gasteiger partial charge on any atom is -0.323 e. The smallest absolute Gasteiger partial charge is 0.241 e. The topological polar surface area (TPSA) is 55.1 Å². The van der Waals surface area contributed by atoms with Gasteiger partial charge in [-0.25, -0.2) is 0 Å². The van der Waals surface area contributed by atoms with Crippen LogP contribution in [0.4, 0.5) is 5.69 Å². The van der Waals surface area contributed by atoms with Gasteiger partial charge in [-0.2, -0.15) is 0 Å². The zero-order valence-corrected chi connectivity index (χ0v) is 12.8. The summed E-state index contributed by atoms with van der Waals surface area (Å²) in [5, 5.41) is 2.83. The lowest BCUT2D eigenvalue weighted by molar-refractivity contribution is -0.117. The van der Waals surface area contributed by atoms with Crippen molar-refractivity contribution in [2.24, 2.45) is 5.73 Å². The van der Waals surface area contributed by atoms with Crippen LogP contribution in [0, 0.1) is 0 Å². The van der Waals surface area contributed by atoms with Gasteiger partial charge in [0, 0.05) is 8.95 Å². The number of nitrogens with one attached hydrogen (secondary N) is 1. The minimum atomic E-state index is -0.450. The molecule has 0 saturated carbocycles. The molecule has 1 aromatic rings. The summed E-state index contributed by atoms with van der Waals surface area (Å²) >= 11 is 6.78. The molecule has 1 unspecified atom stereocenters. The number of anilines is 1. The van der Waals surface area contributed by atoms with E-state index in [-0.39, 0.29) is 5.91 Å². The molecule has 0 heterocycles. The fourth-order valence-corrected chi connectivity index (χ4v) is 2.58. The summed E-state index contributed by atoms with van der Waals surface area (Å²) in [5.41, 5.74) is 6.53. The molecule has 0 saturated heterocycles. The fourth-order valence-electron chi connectivity index (χ4n) is 1.39. The van der Waals surface area contributed by atoms with Crippen molar-refractivity contribution < 1.29 is 4.79 Å². The Kier molecular flexibility index (Phi) is 6.16. The Morgan fingerprint density at radius 1 is 1.41 bits per heavy atom. The van der Waals surface area contributed by atoms with Crippen LogP contribution in [0.3, 0.4) is 0 Å². The number of hydrogen-bond donors (Lipinski definition) is 2. The van der Waals surface area contributed by atoms with Gasteiger partial charge in [-0.3, -0.25) is 4.79 Å². The van der Waals surface area contributed by atoms with Crippen molar-refractivity contribution >= 4 is 43.5 Å². The second kappa shape index (κ2) is 7.13. The van der Waals surface area contributed by atoms with Crippen molar-refractivity contribution in [3.8, 4) is 0 Å². The standard InChI is InChI=1S/C12H16Br2N2O/c1-2-3-7-10(15)12(17)16-11-8(13)5-4-6-9(11)14/h4-6,10H,2-3,7,15H2,1H3,(H,16,17). The van der Waals surface area contributed by atoms with Gasteiger partial charge in [-0.15, -0.1) is 0 Å². The lowest BCUT2D eigenvalue weighted by Gasteiger charge is -2.14. The highest BCUT2D eigenvalue weighted by Crippen LogP contribution is 2.30. The number of carbonyl (C=O) groups is 1. The average Bonchev–Trinajstić information content (AvgIpc) is 2.30. The number of para-hydroxylation sites is 1. The number of halogens is 2. The van der Waals surface area contributed by atoms with Gasteiger partial charge in [0.15, 0.2) is 0 Å². The maximum absolute atomic E-state index is 11.8. The molecule has 0 aliphatic rings. The van der Waals surface area contributed by atoms with Crippen LogP contribution < -0.4 is 11.1 Å². The minimum absolute atomic E-state index is 0.147. The van der Waals surface area contributed by atoms with Crippen molar-refractivity contribution in [2.45, 2.75) is 32.2 Å². The Balaban J connectivity index is 2.68. The number of unbranched alkanes of at least 4 members (excludes halogenated alkanes) is 1. The molecule has 1 atom stereocenters. The second-order valence-corrected chi connectivity index (χ2v) is 5.54. The molecule has 1 amide bonds. The van der Waals surface area contributed by atoms with Gasteiger partial charge in [0.2, 0.25) is 5.91 Å². The Hall–Kier alpha value is -0.390. The zero-order chi connectivity index (χ0) is 12.8. The molecular formula is C12H16Br2N2O. The van der Waals surface area contributed by atoms with Crippen molar-refractivity contribution in [1.82, 2.24) is 0 Å². The third-order valence-corrected chi connectivity index (χ3v) is 3.74. The highest BCUT2D eigenvalue weighted by atomic mass is 79.9. The average molecular weight is 364 g/mol. The summed E-state index contributed by atoms with van der Waals surface area (Å²) in [6, 6.07) is 5.19. The van der Waals surface area contributed by atoms with Crippen molar-refractivity contribution in [3.05, 3.63) is 27.1 Å². The van der Waals surface area contributed by atoms with Gasteiger partial charge in [0.1, 0.15) is 0 Å². The number of hydrogen-bond acceptors (Lipinski definition) is 2. The molecule has 0 aromatic heterocycles. The Labute approximate surface area is 118 Å². The largest absolute Gasteiger partial charge is 0.323 e. The Bertz CT molecular complexity index is 376. The predicted octanol–water partition coefficient (Wildman–Crippen LogP) is 3.67. The summed E-state index contributed by atoms with van der Waals surface area (Å²) in [4.78, 5) is 11.8. The van der Waals surface area contributed by atoms with E-state index in [0.717, 1.165) is 27.5 Å². The molecule has 94 valence electrons. The van der Waals surface area contributed by atoms with E-state index in [1.54, 1.807) is 0 Å². The Morgan fingerprint density at radius 2 is 2.00 bits per heavy atom. The highest BCUT2D eigenvalue weighted by Gasteiger charge is 2.15. The molecule has 0 fully saturated rings. The van der Waals surface area contributed by atoms with E-state index in [0.29, 0.717) is 6.42 Å². The first-order chi connectivity index (χ1) is 8.06. The summed E-state index contributed by atoms with van der Waals surface area (Å²) in [6.45, 7) is 2.08. The Morgan fingerprint density at radius 3 is 2.53 bits per heavy atom. The van der Waals surface area contributed by atoms with Gasteiger partial charge in [-0.1, -0.05) is 25.8 Å². The van der Waals surface area contributed by atoms with Crippen molar-refractivity contribution in [3.63, 3.8) is 0 Å². The van der Waals surface area contributed by atoms with Gasteiger partial charge in [-0.05, 0) is 50.4 Å². The van der Waals surface area contributed by atoms with Gasteiger partial charge >= 0.3 is 0 Å². The first-order valence-electron chi connectivity index (χ1n) is 5.56. The maximum Gasteiger partial charge on any atom is 0.241 e. The van der Waals surface area contributed by atoms with Crippen molar-refractivity contribution in [1.29, 1.82) is 0 Å². The highest BCUT2D eigenvalue weighted by molar-refractivity contribution is 9.11. The van der Waals surface area contributed by atoms with E-state index in [1.807, 2.05) is 18.2 Å². The first kappa shape index (κ1) is 14.7. The first-order valence-corrected chi connectivity index (χ1v) is 7.15. The van der Waals surface area contributed by atoms with Crippen LogP contribution in [0.15, 0.2) is 27.1 Å². The van der Waals surface area contributed by atoms with Crippen LogP contribution in [0.25, 0.3) is 0 Å².